The molecule has 1 aromatic rings. The Balaban J connectivity index is 1.85. The number of hydrogen-bond donors (Lipinski definition) is 1. The van der Waals surface area contributed by atoms with Gasteiger partial charge >= 0.3 is 0 Å². The van der Waals surface area contributed by atoms with Crippen LogP contribution in [-0.4, -0.2) is 49.6 Å². The normalized spacial score (nSPS) is 20.7. The zero-order valence-electron chi connectivity index (χ0n) is 14.7. The molecule has 1 aromatic carbocycles. The van der Waals surface area contributed by atoms with E-state index in [-0.39, 0.29) is 23.8 Å². The summed E-state index contributed by atoms with van der Waals surface area (Å²) in [5.41, 5.74) is 1.17. The molecular formula is C19H28N2O3. The maximum absolute atomic E-state index is 12.6. The minimum atomic E-state index is -0.112. The molecule has 5 nitrogen and oxygen atoms in total. The molecule has 1 aliphatic heterocycles. The van der Waals surface area contributed by atoms with Gasteiger partial charge in [0.2, 0.25) is 11.8 Å². The zero-order chi connectivity index (χ0) is 17.4. The van der Waals surface area contributed by atoms with E-state index < -0.39 is 0 Å². The highest BCUT2D eigenvalue weighted by Gasteiger charge is 2.32. The van der Waals surface area contributed by atoms with Gasteiger partial charge in [-0.05, 0) is 31.7 Å². The summed E-state index contributed by atoms with van der Waals surface area (Å²) in [5.74, 6) is 0.0549. The SMILES string of the molecule is COCCNC(=O)[C@@H]1CC[C@@H](C)N(C(=O)CCc2ccccc2)C1. The van der Waals surface area contributed by atoms with Crippen LogP contribution in [0.3, 0.4) is 0 Å². The van der Waals surface area contributed by atoms with Crippen molar-refractivity contribution in [3.05, 3.63) is 35.9 Å². The topological polar surface area (TPSA) is 58.6 Å². The third-order valence-corrected chi connectivity index (χ3v) is 4.65. The largest absolute Gasteiger partial charge is 0.383 e. The van der Waals surface area contributed by atoms with Gasteiger partial charge in [-0.1, -0.05) is 30.3 Å². The fourth-order valence-corrected chi connectivity index (χ4v) is 3.13. The molecule has 132 valence electrons. The molecule has 2 rings (SSSR count). The number of benzene rings is 1. The van der Waals surface area contributed by atoms with Gasteiger partial charge < -0.3 is 15.0 Å². The van der Waals surface area contributed by atoms with E-state index in [0.29, 0.717) is 26.1 Å². The minimum Gasteiger partial charge on any atom is -0.383 e. The molecule has 5 heteroatoms. The lowest BCUT2D eigenvalue weighted by Crippen LogP contribution is -2.49. The molecule has 0 saturated carbocycles. The number of ether oxygens (including phenoxy) is 1. The number of methoxy groups -OCH3 is 1. The van der Waals surface area contributed by atoms with Gasteiger partial charge in [-0.25, -0.2) is 0 Å². The number of hydrogen-bond acceptors (Lipinski definition) is 3. The molecule has 0 spiro atoms. The summed E-state index contributed by atoms with van der Waals surface area (Å²) in [5, 5.41) is 2.88. The van der Waals surface area contributed by atoms with E-state index in [1.807, 2.05) is 35.2 Å². The van der Waals surface area contributed by atoms with Crippen molar-refractivity contribution in [2.75, 3.05) is 26.8 Å². The van der Waals surface area contributed by atoms with Crippen LogP contribution < -0.4 is 5.32 Å². The van der Waals surface area contributed by atoms with Crippen LogP contribution in [-0.2, 0) is 20.7 Å². The van der Waals surface area contributed by atoms with E-state index in [4.69, 9.17) is 4.74 Å². The molecule has 24 heavy (non-hydrogen) atoms. The summed E-state index contributed by atoms with van der Waals surface area (Å²) in [4.78, 5) is 26.7. The van der Waals surface area contributed by atoms with Gasteiger partial charge in [-0.15, -0.1) is 0 Å². The van der Waals surface area contributed by atoms with E-state index in [1.54, 1.807) is 7.11 Å². The number of carbonyl (C=O) groups excluding carboxylic acids is 2. The van der Waals surface area contributed by atoms with Crippen molar-refractivity contribution in [1.82, 2.24) is 10.2 Å². The maximum Gasteiger partial charge on any atom is 0.224 e. The van der Waals surface area contributed by atoms with E-state index in [0.717, 1.165) is 19.3 Å². The van der Waals surface area contributed by atoms with Gasteiger partial charge in [0.15, 0.2) is 0 Å². The number of rotatable bonds is 7. The second kappa shape index (κ2) is 9.42. The Morgan fingerprint density at radius 2 is 2.00 bits per heavy atom. The average Bonchev–Trinajstić information content (AvgIpc) is 2.61. The summed E-state index contributed by atoms with van der Waals surface area (Å²) < 4.78 is 4.95. The second-order valence-corrected chi connectivity index (χ2v) is 6.44. The fraction of sp³-hybridized carbons (Fsp3) is 0.579. The van der Waals surface area contributed by atoms with Gasteiger partial charge in [-0.3, -0.25) is 9.59 Å². The molecule has 0 aliphatic carbocycles. The number of piperidine rings is 1. The molecule has 0 bridgehead atoms. The molecule has 2 amide bonds. The summed E-state index contributed by atoms with van der Waals surface area (Å²) in [6, 6.07) is 10.2. The van der Waals surface area contributed by atoms with Crippen LogP contribution in [0.15, 0.2) is 30.3 Å². The summed E-state index contributed by atoms with van der Waals surface area (Å²) in [6.45, 7) is 3.62. The van der Waals surface area contributed by atoms with Gasteiger partial charge in [0.05, 0.1) is 12.5 Å². The van der Waals surface area contributed by atoms with Gasteiger partial charge in [0, 0.05) is 32.7 Å². The number of likely N-dealkylation sites (tertiary alicyclic amines) is 1. The summed E-state index contributed by atoms with van der Waals surface area (Å²) in [6.07, 6.45) is 2.95. The van der Waals surface area contributed by atoms with Crippen LogP contribution in [0, 0.1) is 5.92 Å². The highest BCUT2D eigenvalue weighted by molar-refractivity contribution is 5.81. The Hall–Kier alpha value is -1.88. The molecule has 0 aromatic heterocycles. The molecule has 1 fully saturated rings. The number of aryl methyl sites for hydroxylation is 1. The van der Waals surface area contributed by atoms with Crippen LogP contribution in [0.5, 0.6) is 0 Å². The molecule has 0 unspecified atom stereocenters. The van der Waals surface area contributed by atoms with Crippen LogP contribution >= 0.6 is 0 Å². The minimum absolute atomic E-state index is 0.0276. The van der Waals surface area contributed by atoms with Crippen molar-refractivity contribution < 1.29 is 14.3 Å². The highest BCUT2D eigenvalue weighted by Crippen LogP contribution is 2.23. The molecular weight excluding hydrogens is 304 g/mol. The predicted molar refractivity (Wildman–Crippen MR) is 93.5 cm³/mol. The van der Waals surface area contributed by atoms with E-state index in [9.17, 15) is 9.59 Å². The summed E-state index contributed by atoms with van der Waals surface area (Å²) >= 11 is 0. The first kappa shape index (κ1) is 18.5. The lowest BCUT2D eigenvalue weighted by molar-refractivity contribution is -0.138. The third-order valence-electron chi connectivity index (χ3n) is 4.65. The molecule has 1 saturated heterocycles. The van der Waals surface area contributed by atoms with Crippen molar-refractivity contribution in [2.45, 2.75) is 38.6 Å². The second-order valence-electron chi connectivity index (χ2n) is 6.44. The maximum atomic E-state index is 12.6. The van der Waals surface area contributed by atoms with Crippen LogP contribution in [0.25, 0.3) is 0 Å². The monoisotopic (exact) mass is 332 g/mol. The van der Waals surface area contributed by atoms with E-state index >= 15 is 0 Å². The smallest absolute Gasteiger partial charge is 0.224 e. The quantitative estimate of drug-likeness (QED) is 0.777. The van der Waals surface area contributed by atoms with Crippen molar-refractivity contribution in [3.63, 3.8) is 0 Å². The van der Waals surface area contributed by atoms with Crippen LogP contribution in [0.1, 0.15) is 31.7 Å². The van der Waals surface area contributed by atoms with E-state index in [1.165, 1.54) is 5.56 Å². The molecule has 2 atom stereocenters. The van der Waals surface area contributed by atoms with Crippen molar-refractivity contribution in [1.29, 1.82) is 0 Å². The fourth-order valence-electron chi connectivity index (χ4n) is 3.13. The standard InChI is InChI=1S/C19H28N2O3/c1-15-8-10-17(19(23)20-12-13-24-2)14-21(15)18(22)11-9-16-6-4-3-5-7-16/h3-7,15,17H,8-14H2,1-2H3,(H,20,23)/t15-,17-/m1/s1. The first-order valence-corrected chi connectivity index (χ1v) is 8.72. The van der Waals surface area contributed by atoms with Crippen LogP contribution in [0.2, 0.25) is 0 Å². The van der Waals surface area contributed by atoms with E-state index in [2.05, 4.69) is 12.2 Å². The molecule has 1 N–H and O–H groups in total. The third kappa shape index (κ3) is 5.34. The Labute approximate surface area is 144 Å². The molecule has 1 aliphatic rings. The average molecular weight is 332 g/mol. The number of amides is 2. The lowest BCUT2D eigenvalue weighted by atomic mass is 9.92. The van der Waals surface area contributed by atoms with Gasteiger partial charge in [0.25, 0.3) is 0 Å². The van der Waals surface area contributed by atoms with Crippen molar-refractivity contribution in [2.24, 2.45) is 5.92 Å². The van der Waals surface area contributed by atoms with Crippen molar-refractivity contribution in [3.8, 4) is 0 Å². The highest BCUT2D eigenvalue weighted by atomic mass is 16.5. The number of carbonyl (C=O) groups is 2. The van der Waals surface area contributed by atoms with Crippen molar-refractivity contribution >= 4 is 11.8 Å². The number of nitrogens with one attached hydrogen (secondary N) is 1. The Bertz CT molecular complexity index is 533. The van der Waals surface area contributed by atoms with Crippen LogP contribution in [0.4, 0.5) is 0 Å². The Morgan fingerprint density at radius 1 is 1.25 bits per heavy atom. The zero-order valence-corrected chi connectivity index (χ0v) is 14.7. The summed E-state index contributed by atoms with van der Waals surface area (Å²) in [7, 11) is 1.61. The Kier molecular flexibility index (Phi) is 7.25. The molecule has 1 heterocycles. The predicted octanol–water partition coefficient (Wildman–Crippen LogP) is 2.01. The Morgan fingerprint density at radius 3 is 2.71 bits per heavy atom. The van der Waals surface area contributed by atoms with Gasteiger partial charge in [-0.2, -0.15) is 0 Å². The number of nitrogens with zero attached hydrogens (tertiary/aromatic N) is 1. The van der Waals surface area contributed by atoms with Gasteiger partial charge in [0.1, 0.15) is 0 Å². The first-order chi connectivity index (χ1) is 11.6. The lowest BCUT2D eigenvalue weighted by Gasteiger charge is -2.37. The molecule has 0 radical (unpaired) electrons. The first-order valence-electron chi connectivity index (χ1n) is 8.72.